The van der Waals surface area contributed by atoms with Crippen LogP contribution in [-0.4, -0.2) is 37.1 Å². The molecule has 0 aliphatic carbocycles. The summed E-state index contributed by atoms with van der Waals surface area (Å²) in [6, 6.07) is -1.60. The third-order valence-electron chi connectivity index (χ3n) is 2.75. The number of carbonyl (C=O) groups is 2. The molecular formula is C12H26N4O3. The fraction of sp³-hybridized carbons (Fsp3) is 0.833. The topological polar surface area (TPSA) is 147 Å². The van der Waals surface area contributed by atoms with Crippen LogP contribution in [0.2, 0.25) is 0 Å². The van der Waals surface area contributed by atoms with Crippen LogP contribution in [0.1, 0.15) is 38.5 Å². The minimum absolute atomic E-state index is 0.450. The molecule has 0 bridgehead atoms. The number of hydrogen-bond donors (Lipinski definition) is 4. The van der Waals surface area contributed by atoms with Crippen LogP contribution in [0.5, 0.6) is 0 Å². The number of hydrogen-bond acceptors (Lipinski definition) is 7. The third kappa shape index (κ3) is 8.66. The maximum Gasteiger partial charge on any atom is 0.330 e. The summed E-state index contributed by atoms with van der Waals surface area (Å²) >= 11 is 0. The van der Waals surface area contributed by atoms with Crippen molar-refractivity contribution in [3.8, 4) is 0 Å². The lowest BCUT2D eigenvalue weighted by molar-refractivity contribution is -0.161. The van der Waals surface area contributed by atoms with Crippen LogP contribution >= 0.6 is 0 Å². The van der Waals surface area contributed by atoms with Crippen molar-refractivity contribution in [2.45, 2.75) is 50.6 Å². The van der Waals surface area contributed by atoms with Gasteiger partial charge in [-0.1, -0.05) is 12.8 Å². The molecular weight excluding hydrogens is 248 g/mol. The van der Waals surface area contributed by atoms with Gasteiger partial charge in [-0.05, 0) is 38.8 Å². The molecule has 112 valence electrons. The zero-order chi connectivity index (χ0) is 14.7. The minimum Gasteiger partial charge on any atom is -0.391 e. The first-order valence-electron chi connectivity index (χ1n) is 6.69. The van der Waals surface area contributed by atoms with Gasteiger partial charge in [0.05, 0.1) is 0 Å². The van der Waals surface area contributed by atoms with E-state index in [-0.39, 0.29) is 0 Å². The average molecular weight is 274 g/mol. The Morgan fingerprint density at radius 2 is 1.16 bits per heavy atom. The molecule has 0 spiro atoms. The monoisotopic (exact) mass is 274 g/mol. The lowest BCUT2D eigenvalue weighted by Gasteiger charge is -2.13. The van der Waals surface area contributed by atoms with Gasteiger partial charge in [0.25, 0.3) is 0 Å². The van der Waals surface area contributed by atoms with Gasteiger partial charge in [-0.2, -0.15) is 0 Å². The van der Waals surface area contributed by atoms with E-state index in [2.05, 4.69) is 4.74 Å². The first kappa shape index (κ1) is 18.0. The Balaban J connectivity index is 3.92. The highest BCUT2D eigenvalue weighted by Crippen LogP contribution is 2.03. The lowest BCUT2D eigenvalue weighted by Crippen LogP contribution is -2.39. The largest absolute Gasteiger partial charge is 0.391 e. The van der Waals surface area contributed by atoms with Crippen LogP contribution in [0.3, 0.4) is 0 Å². The van der Waals surface area contributed by atoms with E-state index in [1.165, 1.54) is 0 Å². The summed E-state index contributed by atoms with van der Waals surface area (Å²) in [7, 11) is 0. The predicted octanol–water partition coefficient (Wildman–Crippen LogP) is -1.03. The average Bonchev–Trinajstić information content (AvgIpc) is 2.38. The first-order valence-corrected chi connectivity index (χ1v) is 6.69. The van der Waals surface area contributed by atoms with E-state index in [9.17, 15) is 9.59 Å². The second-order valence-electron chi connectivity index (χ2n) is 4.52. The Morgan fingerprint density at radius 3 is 1.47 bits per heavy atom. The summed E-state index contributed by atoms with van der Waals surface area (Å²) in [5.74, 6) is -1.45. The molecule has 0 aliphatic rings. The van der Waals surface area contributed by atoms with Gasteiger partial charge in [-0.15, -0.1) is 0 Å². The fourth-order valence-corrected chi connectivity index (χ4v) is 1.50. The van der Waals surface area contributed by atoms with Gasteiger partial charge in [0.15, 0.2) is 0 Å². The number of unbranched alkanes of at least 4 members (excludes halogenated alkanes) is 2. The van der Waals surface area contributed by atoms with Crippen LogP contribution < -0.4 is 22.9 Å². The second-order valence-corrected chi connectivity index (χ2v) is 4.52. The summed E-state index contributed by atoms with van der Waals surface area (Å²) < 4.78 is 4.64. The maximum absolute atomic E-state index is 11.5. The summed E-state index contributed by atoms with van der Waals surface area (Å²) in [5, 5.41) is 0. The minimum atomic E-state index is -0.799. The van der Waals surface area contributed by atoms with Crippen molar-refractivity contribution in [2.24, 2.45) is 22.9 Å². The van der Waals surface area contributed by atoms with Crippen molar-refractivity contribution < 1.29 is 14.3 Å². The quantitative estimate of drug-likeness (QED) is 0.226. The zero-order valence-corrected chi connectivity index (χ0v) is 11.3. The zero-order valence-electron chi connectivity index (χ0n) is 11.3. The summed E-state index contributed by atoms with van der Waals surface area (Å²) in [4.78, 5) is 23.0. The summed E-state index contributed by atoms with van der Waals surface area (Å²) in [6.45, 7) is 1.10. The molecule has 7 heteroatoms. The second kappa shape index (κ2) is 10.9. The van der Waals surface area contributed by atoms with E-state index in [1.807, 2.05) is 0 Å². The Kier molecular flexibility index (Phi) is 10.3. The SMILES string of the molecule is NCCCC[C@@H](N)C(=O)OC(=O)[C@H](N)CCCCN. The molecule has 0 aromatic rings. The third-order valence-corrected chi connectivity index (χ3v) is 2.75. The van der Waals surface area contributed by atoms with Crippen molar-refractivity contribution in [1.82, 2.24) is 0 Å². The van der Waals surface area contributed by atoms with Gasteiger partial charge in [0.2, 0.25) is 0 Å². The van der Waals surface area contributed by atoms with Crippen molar-refractivity contribution in [2.75, 3.05) is 13.1 Å². The smallest absolute Gasteiger partial charge is 0.330 e. The van der Waals surface area contributed by atoms with Gasteiger partial charge >= 0.3 is 11.9 Å². The van der Waals surface area contributed by atoms with Crippen molar-refractivity contribution >= 4 is 11.9 Å². The van der Waals surface area contributed by atoms with Gasteiger partial charge in [0.1, 0.15) is 12.1 Å². The van der Waals surface area contributed by atoms with Crippen LogP contribution in [0.15, 0.2) is 0 Å². The molecule has 0 aromatic carbocycles. The van der Waals surface area contributed by atoms with Gasteiger partial charge in [-0.25, -0.2) is 9.59 Å². The highest BCUT2D eigenvalue weighted by Gasteiger charge is 2.22. The number of rotatable bonds is 10. The van der Waals surface area contributed by atoms with Crippen LogP contribution in [-0.2, 0) is 14.3 Å². The molecule has 0 heterocycles. The lowest BCUT2D eigenvalue weighted by atomic mass is 10.1. The normalized spacial score (nSPS) is 13.9. The van der Waals surface area contributed by atoms with E-state index < -0.39 is 24.0 Å². The van der Waals surface area contributed by atoms with Crippen LogP contribution in [0, 0.1) is 0 Å². The maximum atomic E-state index is 11.5. The Morgan fingerprint density at radius 1 is 0.789 bits per heavy atom. The van der Waals surface area contributed by atoms with Crippen molar-refractivity contribution in [3.63, 3.8) is 0 Å². The highest BCUT2D eigenvalue weighted by molar-refractivity contribution is 5.90. The molecule has 0 fully saturated rings. The molecule has 7 nitrogen and oxygen atoms in total. The molecule has 0 amide bonds. The van der Waals surface area contributed by atoms with Gasteiger partial charge < -0.3 is 27.7 Å². The Labute approximate surface area is 114 Å². The molecule has 0 saturated carbocycles. The molecule has 0 radical (unpaired) electrons. The van der Waals surface area contributed by atoms with Crippen LogP contribution in [0.4, 0.5) is 0 Å². The summed E-state index contributed by atoms with van der Waals surface area (Å²) in [5.41, 5.74) is 21.9. The van der Waals surface area contributed by atoms with E-state index in [0.717, 1.165) is 25.7 Å². The molecule has 0 aromatic heterocycles. The molecule has 2 atom stereocenters. The van der Waals surface area contributed by atoms with Crippen molar-refractivity contribution in [3.05, 3.63) is 0 Å². The molecule has 8 N–H and O–H groups in total. The highest BCUT2D eigenvalue weighted by atomic mass is 16.6. The number of esters is 2. The molecule has 19 heavy (non-hydrogen) atoms. The van der Waals surface area contributed by atoms with Crippen LogP contribution in [0.25, 0.3) is 0 Å². The van der Waals surface area contributed by atoms with Gasteiger partial charge in [0, 0.05) is 0 Å². The summed E-state index contributed by atoms with van der Waals surface area (Å²) in [6.07, 6.45) is 3.92. The first-order chi connectivity index (χ1) is 9.02. The molecule has 0 aliphatic heterocycles. The Bertz CT molecular complexity index is 248. The number of carbonyl (C=O) groups excluding carboxylic acids is 2. The van der Waals surface area contributed by atoms with E-state index in [1.54, 1.807) is 0 Å². The van der Waals surface area contributed by atoms with Crippen molar-refractivity contribution in [1.29, 1.82) is 0 Å². The van der Waals surface area contributed by atoms with E-state index >= 15 is 0 Å². The Hall–Kier alpha value is -1.02. The number of ether oxygens (including phenoxy) is 1. The molecule has 0 rings (SSSR count). The standard InChI is InChI=1S/C12H26N4O3/c13-7-3-1-5-9(15)11(17)19-12(18)10(16)6-2-4-8-14/h9-10H,1-8,13-16H2/t9-,10-/m1/s1. The molecule has 0 saturated heterocycles. The van der Waals surface area contributed by atoms with E-state index in [4.69, 9.17) is 22.9 Å². The predicted molar refractivity (Wildman–Crippen MR) is 72.9 cm³/mol. The van der Waals surface area contributed by atoms with E-state index in [0.29, 0.717) is 25.9 Å². The number of nitrogens with two attached hydrogens (primary N) is 4. The van der Waals surface area contributed by atoms with Gasteiger partial charge in [-0.3, -0.25) is 0 Å². The molecule has 0 unspecified atom stereocenters. The fourth-order valence-electron chi connectivity index (χ4n) is 1.50.